The topological polar surface area (TPSA) is 55.6 Å². The first-order valence-corrected chi connectivity index (χ1v) is 8.88. The molecule has 1 heterocycles. The van der Waals surface area contributed by atoms with E-state index in [4.69, 9.17) is 10.5 Å². The molecule has 23 heavy (non-hydrogen) atoms. The normalized spacial score (nSPS) is 39.7. The van der Waals surface area contributed by atoms with E-state index in [2.05, 4.69) is 19.1 Å². The number of fused-ring (bicyclic) bond motifs is 2. The Bertz CT molecular complexity index is 574. The predicted molar refractivity (Wildman–Crippen MR) is 88.6 cm³/mol. The zero-order valence-electron chi connectivity index (χ0n) is 13.7. The SMILES string of the molecule is CC1CN(C(=O)C2C3CCC(C3)C2N)CC(c2ccccc2)O1. The lowest BCUT2D eigenvalue weighted by Crippen LogP contribution is -2.52. The van der Waals surface area contributed by atoms with E-state index in [0.717, 1.165) is 12.0 Å². The van der Waals surface area contributed by atoms with E-state index in [9.17, 15) is 4.79 Å². The van der Waals surface area contributed by atoms with Gasteiger partial charge in [-0.2, -0.15) is 0 Å². The largest absolute Gasteiger partial charge is 0.367 e. The van der Waals surface area contributed by atoms with Crippen molar-refractivity contribution < 1.29 is 9.53 Å². The summed E-state index contributed by atoms with van der Waals surface area (Å²) in [4.78, 5) is 15.1. The molecular weight excluding hydrogens is 288 g/mol. The van der Waals surface area contributed by atoms with Crippen molar-refractivity contribution in [1.82, 2.24) is 4.90 Å². The van der Waals surface area contributed by atoms with Crippen molar-refractivity contribution in [1.29, 1.82) is 0 Å². The first-order chi connectivity index (χ1) is 11.1. The number of ether oxygens (including phenoxy) is 1. The fourth-order valence-electron chi connectivity index (χ4n) is 4.90. The van der Waals surface area contributed by atoms with Crippen molar-refractivity contribution in [3.05, 3.63) is 35.9 Å². The van der Waals surface area contributed by atoms with Crippen molar-refractivity contribution in [2.24, 2.45) is 23.5 Å². The van der Waals surface area contributed by atoms with Crippen LogP contribution in [-0.2, 0) is 9.53 Å². The number of amides is 1. The van der Waals surface area contributed by atoms with E-state index in [1.807, 2.05) is 23.1 Å². The molecule has 1 amide bonds. The van der Waals surface area contributed by atoms with Crippen LogP contribution >= 0.6 is 0 Å². The van der Waals surface area contributed by atoms with Crippen molar-refractivity contribution >= 4 is 5.91 Å². The van der Waals surface area contributed by atoms with Crippen LogP contribution in [0.4, 0.5) is 0 Å². The first kappa shape index (κ1) is 15.2. The third-order valence-electron chi connectivity index (χ3n) is 6.01. The van der Waals surface area contributed by atoms with E-state index in [1.54, 1.807) is 0 Å². The fraction of sp³-hybridized carbons (Fsp3) is 0.632. The number of benzene rings is 1. The minimum Gasteiger partial charge on any atom is -0.367 e. The summed E-state index contributed by atoms with van der Waals surface area (Å²) in [5, 5.41) is 0. The van der Waals surface area contributed by atoms with Crippen molar-refractivity contribution in [3.8, 4) is 0 Å². The molecule has 2 N–H and O–H groups in total. The van der Waals surface area contributed by atoms with Gasteiger partial charge < -0.3 is 15.4 Å². The molecule has 3 fully saturated rings. The quantitative estimate of drug-likeness (QED) is 0.911. The summed E-state index contributed by atoms with van der Waals surface area (Å²) in [6, 6.07) is 10.3. The van der Waals surface area contributed by atoms with E-state index in [0.29, 0.717) is 24.9 Å². The minimum atomic E-state index is -0.0290. The van der Waals surface area contributed by atoms with Gasteiger partial charge in [-0.05, 0) is 43.6 Å². The van der Waals surface area contributed by atoms with Crippen LogP contribution in [0.2, 0.25) is 0 Å². The molecule has 6 unspecified atom stereocenters. The minimum absolute atomic E-state index is 0.0290. The number of nitrogens with two attached hydrogens (primary N) is 1. The van der Waals surface area contributed by atoms with Crippen LogP contribution in [-0.4, -0.2) is 36.0 Å². The zero-order chi connectivity index (χ0) is 16.0. The second-order valence-corrected chi connectivity index (χ2v) is 7.53. The number of morpholine rings is 1. The smallest absolute Gasteiger partial charge is 0.227 e. The Morgan fingerprint density at radius 3 is 2.61 bits per heavy atom. The van der Waals surface area contributed by atoms with Crippen LogP contribution in [0.25, 0.3) is 0 Å². The molecule has 2 aliphatic carbocycles. The maximum Gasteiger partial charge on any atom is 0.227 e. The predicted octanol–water partition coefficient (Wildman–Crippen LogP) is 2.35. The molecule has 2 bridgehead atoms. The molecule has 2 saturated carbocycles. The lowest BCUT2D eigenvalue weighted by Gasteiger charge is -2.40. The van der Waals surface area contributed by atoms with Gasteiger partial charge >= 0.3 is 0 Å². The molecule has 4 rings (SSSR count). The first-order valence-electron chi connectivity index (χ1n) is 8.88. The van der Waals surface area contributed by atoms with Crippen molar-refractivity contribution in [2.75, 3.05) is 13.1 Å². The van der Waals surface area contributed by atoms with Gasteiger partial charge in [0.15, 0.2) is 0 Å². The van der Waals surface area contributed by atoms with Gasteiger partial charge in [0.2, 0.25) is 5.91 Å². The zero-order valence-corrected chi connectivity index (χ0v) is 13.7. The molecule has 6 atom stereocenters. The van der Waals surface area contributed by atoms with E-state index >= 15 is 0 Å². The van der Waals surface area contributed by atoms with Gasteiger partial charge in [-0.1, -0.05) is 30.3 Å². The summed E-state index contributed by atoms with van der Waals surface area (Å²) in [7, 11) is 0. The molecular formula is C19H26N2O2. The Labute approximate surface area is 138 Å². The number of nitrogens with zero attached hydrogens (tertiary/aromatic N) is 1. The van der Waals surface area contributed by atoms with Crippen LogP contribution < -0.4 is 5.73 Å². The van der Waals surface area contributed by atoms with Crippen molar-refractivity contribution in [2.45, 2.75) is 44.4 Å². The summed E-state index contributed by atoms with van der Waals surface area (Å²) in [5.41, 5.74) is 7.52. The Balaban J connectivity index is 1.51. The second kappa shape index (κ2) is 5.91. The molecule has 1 aliphatic heterocycles. The summed E-state index contributed by atoms with van der Waals surface area (Å²) in [5.74, 6) is 1.38. The number of rotatable bonds is 2. The molecule has 1 saturated heterocycles. The lowest BCUT2D eigenvalue weighted by molar-refractivity contribution is -0.151. The van der Waals surface area contributed by atoms with Crippen LogP contribution in [0.5, 0.6) is 0 Å². The van der Waals surface area contributed by atoms with E-state index < -0.39 is 0 Å². The monoisotopic (exact) mass is 314 g/mol. The maximum atomic E-state index is 13.1. The third-order valence-corrected chi connectivity index (χ3v) is 6.01. The molecule has 1 aromatic carbocycles. The van der Waals surface area contributed by atoms with Crippen LogP contribution in [0.15, 0.2) is 30.3 Å². The number of hydrogen-bond donors (Lipinski definition) is 1. The number of hydrogen-bond acceptors (Lipinski definition) is 3. The average molecular weight is 314 g/mol. The van der Waals surface area contributed by atoms with Gasteiger partial charge in [0, 0.05) is 12.6 Å². The second-order valence-electron chi connectivity index (χ2n) is 7.53. The Morgan fingerprint density at radius 1 is 1.17 bits per heavy atom. The van der Waals surface area contributed by atoms with Crippen LogP contribution in [0.1, 0.15) is 37.9 Å². The highest BCUT2D eigenvalue weighted by molar-refractivity contribution is 5.80. The molecule has 0 aromatic heterocycles. The Kier molecular flexibility index (Phi) is 3.90. The van der Waals surface area contributed by atoms with Gasteiger partial charge in [0.1, 0.15) is 6.10 Å². The van der Waals surface area contributed by atoms with Crippen LogP contribution in [0, 0.1) is 17.8 Å². The molecule has 4 heteroatoms. The summed E-state index contributed by atoms with van der Waals surface area (Å²) in [6.07, 6.45) is 3.57. The van der Waals surface area contributed by atoms with Gasteiger partial charge in [0.05, 0.1) is 18.6 Å². The standard InChI is InChI=1S/C19H26N2O2/c1-12-10-21(11-16(23-12)13-5-3-2-4-6-13)19(22)17-14-7-8-15(9-14)18(17)20/h2-6,12,14-18H,7-11,20H2,1H3. The molecule has 0 spiro atoms. The summed E-state index contributed by atoms with van der Waals surface area (Å²) < 4.78 is 6.08. The highest BCUT2D eigenvalue weighted by atomic mass is 16.5. The van der Waals surface area contributed by atoms with Gasteiger partial charge in [-0.15, -0.1) is 0 Å². The summed E-state index contributed by atoms with van der Waals surface area (Å²) >= 11 is 0. The van der Waals surface area contributed by atoms with Crippen molar-refractivity contribution in [3.63, 3.8) is 0 Å². The molecule has 124 valence electrons. The maximum absolute atomic E-state index is 13.1. The highest BCUT2D eigenvalue weighted by Crippen LogP contribution is 2.48. The van der Waals surface area contributed by atoms with E-state index in [-0.39, 0.29) is 30.1 Å². The number of carbonyl (C=O) groups excluding carboxylic acids is 1. The molecule has 3 aliphatic rings. The lowest BCUT2D eigenvalue weighted by atomic mass is 9.83. The Hall–Kier alpha value is -1.39. The fourth-order valence-corrected chi connectivity index (χ4v) is 4.90. The highest BCUT2D eigenvalue weighted by Gasteiger charge is 2.50. The average Bonchev–Trinajstić information content (AvgIpc) is 3.15. The molecule has 4 nitrogen and oxygen atoms in total. The third kappa shape index (κ3) is 2.68. The van der Waals surface area contributed by atoms with Gasteiger partial charge in [-0.25, -0.2) is 0 Å². The molecule has 1 aromatic rings. The molecule has 0 radical (unpaired) electrons. The summed E-state index contributed by atoms with van der Waals surface area (Å²) in [6.45, 7) is 3.38. The van der Waals surface area contributed by atoms with Crippen LogP contribution in [0.3, 0.4) is 0 Å². The van der Waals surface area contributed by atoms with Gasteiger partial charge in [0.25, 0.3) is 0 Å². The van der Waals surface area contributed by atoms with E-state index in [1.165, 1.54) is 12.8 Å². The van der Waals surface area contributed by atoms with Gasteiger partial charge in [-0.3, -0.25) is 4.79 Å². The Morgan fingerprint density at radius 2 is 1.91 bits per heavy atom. The number of carbonyl (C=O) groups is 1.